The average Bonchev–Trinajstić information content (AvgIpc) is 2.90. The fraction of sp³-hybridized carbons (Fsp3) is 0.923. The molecule has 92 valence electrons. The summed E-state index contributed by atoms with van der Waals surface area (Å²) >= 11 is 3.97. The van der Waals surface area contributed by atoms with Crippen molar-refractivity contribution in [2.45, 2.75) is 35.8 Å². The molecule has 4 heteroatoms. The zero-order chi connectivity index (χ0) is 11.7. The Hall–Kier alpha value is -0.110. The molecule has 0 aromatic carbocycles. The lowest BCUT2D eigenvalue weighted by atomic mass is 9.58. The van der Waals surface area contributed by atoms with Gasteiger partial charge in [0.1, 0.15) is 0 Å². The van der Waals surface area contributed by atoms with Gasteiger partial charge in [0.2, 0.25) is 0 Å². The fourth-order valence-corrected chi connectivity index (χ4v) is 6.26. The van der Waals surface area contributed by atoms with E-state index in [4.69, 9.17) is 14.7 Å². The Morgan fingerprint density at radius 3 is 2.76 bits per heavy atom. The maximum atomic E-state index is 8.89. The van der Waals surface area contributed by atoms with Crippen LogP contribution in [0, 0.1) is 35.0 Å². The van der Waals surface area contributed by atoms with E-state index in [2.05, 4.69) is 22.0 Å². The molecule has 5 atom stereocenters. The Kier molecular flexibility index (Phi) is 2.07. The molecule has 3 saturated carbocycles. The Morgan fingerprint density at radius 1 is 1.29 bits per heavy atom. The van der Waals surface area contributed by atoms with Crippen LogP contribution in [-0.2, 0) is 9.47 Å². The van der Waals surface area contributed by atoms with E-state index >= 15 is 0 Å². The lowest BCUT2D eigenvalue weighted by Gasteiger charge is -2.48. The van der Waals surface area contributed by atoms with Crippen molar-refractivity contribution in [3.05, 3.63) is 0 Å². The van der Waals surface area contributed by atoms with Gasteiger partial charge in [0.15, 0.2) is 5.79 Å². The van der Waals surface area contributed by atoms with Crippen LogP contribution >= 0.6 is 15.9 Å². The van der Waals surface area contributed by atoms with Crippen molar-refractivity contribution in [3.8, 4) is 6.07 Å². The van der Waals surface area contributed by atoms with E-state index in [0.29, 0.717) is 30.1 Å². The first kappa shape index (κ1) is 10.8. The van der Waals surface area contributed by atoms with Crippen LogP contribution in [0.2, 0.25) is 0 Å². The molecule has 1 spiro atoms. The second-order valence-corrected chi connectivity index (χ2v) is 7.33. The largest absolute Gasteiger partial charge is 0.346 e. The Balaban J connectivity index is 1.71. The maximum Gasteiger partial charge on any atom is 0.187 e. The van der Waals surface area contributed by atoms with Gasteiger partial charge >= 0.3 is 0 Å². The Morgan fingerprint density at radius 2 is 2.06 bits per heavy atom. The van der Waals surface area contributed by atoms with Crippen LogP contribution in [0.4, 0.5) is 0 Å². The normalized spacial score (nSPS) is 53.4. The fourth-order valence-electron chi connectivity index (χ4n) is 5.02. The monoisotopic (exact) mass is 297 g/mol. The summed E-state index contributed by atoms with van der Waals surface area (Å²) in [5, 5.41) is 8.89. The van der Waals surface area contributed by atoms with Crippen molar-refractivity contribution >= 4 is 15.9 Å². The van der Waals surface area contributed by atoms with Gasteiger partial charge in [-0.05, 0) is 37.0 Å². The first-order valence-corrected chi connectivity index (χ1v) is 7.36. The molecule has 1 heterocycles. The minimum absolute atomic E-state index is 0.0395. The van der Waals surface area contributed by atoms with Crippen LogP contribution in [0.5, 0.6) is 0 Å². The minimum atomic E-state index is -0.355. The molecule has 4 aliphatic rings. The van der Waals surface area contributed by atoms with Crippen molar-refractivity contribution in [3.63, 3.8) is 0 Å². The van der Waals surface area contributed by atoms with Crippen molar-refractivity contribution in [1.82, 2.24) is 0 Å². The summed E-state index contributed by atoms with van der Waals surface area (Å²) in [4.78, 5) is 0. The Bertz CT molecular complexity index is 401. The van der Waals surface area contributed by atoms with Gasteiger partial charge in [0.25, 0.3) is 0 Å². The van der Waals surface area contributed by atoms with E-state index < -0.39 is 0 Å². The highest BCUT2D eigenvalue weighted by molar-refractivity contribution is 9.10. The van der Waals surface area contributed by atoms with E-state index in [0.717, 1.165) is 19.6 Å². The molecule has 0 aromatic rings. The van der Waals surface area contributed by atoms with E-state index in [-0.39, 0.29) is 10.1 Å². The number of hydrogen-bond donors (Lipinski definition) is 0. The van der Waals surface area contributed by atoms with Gasteiger partial charge in [0, 0.05) is 12.3 Å². The number of fused-ring (bicyclic) bond motifs is 3. The van der Waals surface area contributed by atoms with Crippen LogP contribution in [0.15, 0.2) is 0 Å². The minimum Gasteiger partial charge on any atom is -0.346 e. The quantitative estimate of drug-likeness (QED) is 0.698. The Labute approximate surface area is 110 Å². The van der Waals surface area contributed by atoms with E-state index in [1.54, 1.807) is 0 Å². The molecule has 1 aliphatic heterocycles. The SMILES string of the molecule is N#CC[C@H]1C[C@@H]2[C@H]1C1CCC2(Br)C12OCCO2. The molecule has 17 heavy (non-hydrogen) atoms. The predicted octanol–water partition coefficient (Wildman–Crippen LogP) is 2.45. The van der Waals surface area contributed by atoms with Crippen LogP contribution in [0.25, 0.3) is 0 Å². The highest BCUT2D eigenvalue weighted by Gasteiger charge is 2.78. The third kappa shape index (κ3) is 1.02. The lowest BCUT2D eigenvalue weighted by molar-refractivity contribution is -0.182. The zero-order valence-electron chi connectivity index (χ0n) is 9.69. The lowest BCUT2D eigenvalue weighted by Crippen LogP contribution is -2.50. The number of alkyl halides is 1. The summed E-state index contributed by atoms with van der Waals surface area (Å²) in [5.41, 5.74) is 0. The predicted molar refractivity (Wildman–Crippen MR) is 64.3 cm³/mol. The van der Waals surface area contributed by atoms with Crippen LogP contribution in [-0.4, -0.2) is 23.3 Å². The smallest absolute Gasteiger partial charge is 0.187 e. The van der Waals surface area contributed by atoms with Crippen molar-refractivity contribution in [1.29, 1.82) is 5.26 Å². The van der Waals surface area contributed by atoms with Gasteiger partial charge in [-0.1, -0.05) is 15.9 Å². The van der Waals surface area contributed by atoms with Crippen molar-refractivity contribution in [2.75, 3.05) is 13.2 Å². The summed E-state index contributed by atoms with van der Waals surface area (Å²) in [5.74, 6) is 2.06. The number of nitriles is 1. The van der Waals surface area contributed by atoms with E-state index in [1.807, 2.05) is 0 Å². The molecule has 3 aliphatic carbocycles. The third-order valence-corrected chi connectivity index (χ3v) is 7.11. The maximum absolute atomic E-state index is 8.89. The molecule has 1 saturated heterocycles. The molecular formula is C13H16BrNO2. The van der Waals surface area contributed by atoms with Gasteiger partial charge in [-0.3, -0.25) is 0 Å². The van der Waals surface area contributed by atoms with Gasteiger partial charge < -0.3 is 9.47 Å². The van der Waals surface area contributed by atoms with Crippen LogP contribution in [0.3, 0.4) is 0 Å². The highest BCUT2D eigenvalue weighted by atomic mass is 79.9. The molecule has 0 aromatic heterocycles. The first-order valence-electron chi connectivity index (χ1n) is 6.57. The molecule has 0 N–H and O–H groups in total. The van der Waals surface area contributed by atoms with Crippen molar-refractivity contribution in [2.24, 2.45) is 23.7 Å². The summed E-state index contributed by atoms with van der Waals surface area (Å²) in [7, 11) is 0. The average molecular weight is 298 g/mol. The second kappa shape index (κ2) is 3.26. The number of hydrogen-bond acceptors (Lipinski definition) is 3. The summed E-state index contributed by atoms with van der Waals surface area (Å²) in [6, 6.07) is 2.34. The van der Waals surface area contributed by atoms with E-state index in [1.165, 1.54) is 12.8 Å². The zero-order valence-corrected chi connectivity index (χ0v) is 11.3. The van der Waals surface area contributed by atoms with Gasteiger partial charge in [-0.25, -0.2) is 0 Å². The molecule has 4 fully saturated rings. The highest BCUT2D eigenvalue weighted by Crippen LogP contribution is 2.74. The summed E-state index contributed by atoms with van der Waals surface area (Å²) in [6.45, 7) is 1.46. The second-order valence-electron chi connectivity index (χ2n) is 5.91. The molecule has 0 amide bonds. The van der Waals surface area contributed by atoms with Gasteiger partial charge in [0.05, 0.1) is 23.6 Å². The van der Waals surface area contributed by atoms with Gasteiger partial charge in [-0.2, -0.15) is 5.26 Å². The molecule has 4 rings (SSSR count). The number of halogens is 1. The first-order chi connectivity index (χ1) is 8.23. The molecule has 2 unspecified atom stereocenters. The van der Waals surface area contributed by atoms with E-state index in [9.17, 15) is 0 Å². The topological polar surface area (TPSA) is 42.2 Å². The number of ether oxygens (including phenoxy) is 2. The van der Waals surface area contributed by atoms with Crippen LogP contribution in [0.1, 0.15) is 25.7 Å². The summed E-state index contributed by atoms with van der Waals surface area (Å²) in [6.07, 6.45) is 4.23. The standard InChI is InChI=1S/C13H16BrNO2/c14-12-3-1-9(13(12)16-5-6-17-13)11-8(2-4-15)7-10(11)12/h8-11H,1-3,5-7H2/t8-,9?,10+,11+,12?/m0/s1. The molecule has 3 nitrogen and oxygen atoms in total. The third-order valence-electron chi connectivity index (χ3n) is 5.57. The van der Waals surface area contributed by atoms with Crippen molar-refractivity contribution < 1.29 is 9.47 Å². The van der Waals surface area contributed by atoms with Crippen LogP contribution < -0.4 is 0 Å². The van der Waals surface area contributed by atoms with Gasteiger partial charge in [-0.15, -0.1) is 0 Å². The molecule has 2 bridgehead atoms. The molecular weight excluding hydrogens is 282 g/mol. The number of rotatable bonds is 1. The molecule has 0 radical (unpaired) electrons. The number of nitrogens with zero attached hydrogens (tertiary/aromatic N) is 1. The summed E-state index contributed by atoms with van der Waals surface area (Å²) < 4.78 is 12.1.